The maximum absolute atomic E-state index is 12.6. The van der Waals surface area contributed by atoms with Crippen molar-refractivity contribution >= 4 is 28.7 Å². The fraction of sp³-hybridized carbons (Fsp3) is 0.667. The van der Waals surface area contributed by atoms with E-state index in [0.29, 0.717) is 18.9 Å². The molecule has 1 aliphatic carbocycles. The summed E-state index contributed by atoms with van der Waals surface area (Å²) in [5, 5.41) is 0. The summed E-state index contributed by atoms with van der Waals surface area (Å²) >= 11 is 7.41. The number of carbonyl (C=O) groups is 1. The normalized spacial score (nSPS) is 27.4. The van der Waals surface area contributed by atoms with Crippen LogP contribution in [0.3, 0.4) is 0 Å². The van der Waals surface area contributed by atoms with Crippen molar-refractivity contribution in [1.29, 1.82) is 0 Å². The van der Waals surface area contributed by atoms with Crippen molar-refractivity contribution < 1.29 is 9.53 Å². The van der Waals surface area contributed by atoms with Crippen molar-refractivity contribution in [3.8, 4) is 0 Å². The van der Waals surface area contributed by atoms with E-state index >= 15 is 0 Å². The largest absolute Gasteiger partial charge is 0.367 e. The van der Waals surface area contributed by atoms with Gasteiger partial charge < -0.3 is 4.74 Å². The molecule has 0 aromatic carbocycles. The van der Waals surface area contributed by atoms with Gasteiger partial charge in [-0.05, 0) is 50.7 Å². The van der Waals surface area contributed by atoms with Gasteiger partial charge in [0.2, 0.25) is 0 Å². The van der Waals surface area contributed by atoms with E-state index in [2.05, 4.69) is 6.92 Å². The Morgan fingerprint density at radius 1 is 1.47 bits per heavy atom. The van der Waals surface area contributed by atoms with Crippen LogP contribution < -0.4 is 0 Å². The van der Waals surface area contributed by atoms with Crippen molar-refractivity contribution in [1.82, 2.24) is 0 Å². The summed E-state index contributed by atoms with van der Waals surface area (Å²) in [6, 6.07) is 3.79. The fourth-order valence-corrected chi connectivity index (χ4v) is 3.86. The molecule has 0 bridgehead atoms. The number of thiophene rings is 1. The van der Waals surface area contributed by atoms with E-state index in [1.165, 1.54) is 11.3 Å². The minimum absolute atomic E-state index is 0.222. The van der Waals surface area contributed by atoms with Gasteiger partial charge in [0, 0.05) is 17.9 Å². The third-order valence-electron chi connectivity index (χ3n) is 3.97. The Bertz CT molecular complexity index is 433. The van der Waals surface area contributed by atoms with Crippen LogP contribution in [0.5, 0.6) is 0 Å². The first-order chi connectivity index (χ1) is 9.05. The Kier molecular flexibility index (Phi) is 5.04. The molecule has 0 spiro atoms. The highest BCUT2D eigenvalue weighted by molar-refractivity contribution is 7.16. The Balaban J connectivity index is 2.08. The molecule has 0 unspecified atom stereocenters. The lowest BCUT2D eigenvalue weighted by Gasteiger charge is -2.37. The van der Waals surface area contributed by atoms with Crippen LogP contribution in [0.2, 0.25) is 4.34 Å². The second-order valence-corrected chi connectivity index (χ2v) is 7.22. The van der Waals surface area contributed by atoms with E-state index in [1.54, 1.807) is 0 Å². The van der Waals surface area contributed by atoms with Crippen LogP contribution in [-0.4, -0.2) is 18.0 Å². The molecule has 1 heterocycles. The van der Waals surface area contributed by atoms with E-state index < -0.39 is 5.60 Å². The second-order valence-electron chi connectivity index (χ2n) is 5.42. The number of Topliss-reactive ketones (excluding diaryl/α,β-unsaturated/α-hetero) is 1. The monoisotopic (exact) mass is 300 g/mol. The zero-order chi connectivity index (χ0) is 13.9. The zero-order valence-corrected chi connectivity index (χ0v) is 13.1. The lowest BCUT2D eigenvalue weighted by molar-refractivity contribution is -0.149. The molecule has 0 aliphatic heterocycles. The summed E-state index contributed by atoms with van der Waals surface area (Å²) in [6.45, 7) is 4.82. The predicted molar refractivity (Wildman–Crippen MR) is 80.0 cm³/mol. The van der Waals surface area contributed by atoms with Crippen LogP contribution in [0, 0.1) is 5.92 Å². The zero-order valence-electron chi connectivity index (χ0n) is 11.6. The van der Waals surface area contributed by atoms with Crippen LogP contribution >= 0.6 is 22.9 Å². The van der Waals surface area contributed by atoms with Gasteiger partial charge in [-0.15, -0.1) is 11.3 Å². The number of rotatable bonds is 5. The van der Waals surface area contributed by atoms with Crippen LogP contribution in [0.25, 0.3) is 0 Å². The molecule has 19 heavy (non-hydrogen) atoms. The van der Waals surface area contributed by atoms with Crippen molar-refractivity contribution in [3.05, 3.63) is 21.3 Å². The Morgan fingerprint density at radius 3 is 2.68 bits per heavy atom. The molecule has 1 fully saturated rings. The van der Waals surface area contributed by atoms with Crippen molar-refractivity contribution in [2.75, 3.05) is 6.61 Å². The molecule has 2 rings (SSSR count). The molecule has 0 atom stereocenters. The molecule has 0 saturated heterocycles. The number of ether oxygens (including phenoxy) is 1. The first-order valence-electron chi connectivity index (χ1n) is 6.97. The third-order valence-corrected chi connectivity index (χ3v) is 5.21. The number of ketones is 1. The maximum atomic E-state index is 12.6. The van der Waals surface area contributed by atoms with Gasteiger partial charge >= 0.3 is 0 Å². The number of halogens is 1. The van der Waals surface area contributed by atoms with E-state index in [4.69, 9.17) is 16.3 Å². The lowest BCUT2D eigenvalue weighted by Crippen LogP contribution is -2.45. The Morgan fingerprint density at radius 2 is 2.16 bits per heavy atom. The van der Waals surface area contributed by atoms with Gasteiger partial charge in [0.25, 0.3) is 0 Å². The van der Waals surface area contributed by atoms with Gasteiger partial charge in [0.15, 0.2) is 5.78 Å². The molecule has 0 amide bonds. The van der Waals surface area contributed by atoms with Crippen molar-refractivity contribution in [2.45, 2.75) is 51.6 Å². The fourth-order valence-electron chi connectivity index (χ4n) is 2.77. The predicted octanol–water partition coefficient (Wildman–Crippen LogP) is 4.50. The summed E-state index contributed by atoms with van der Waals surface area (Å²) in [6.07, 6.45) is 4.33. The molecule has 1 aromatic rings. The first-order valence-corrected chi connectivity index (χ1v) is 8.16. The topological polar surface area (TPSA) is 26.3 Å². The number of hydrogen-bond donors (Lipinski definition) is 0. The first kappa shape index (κ1) is 15.0. The molecule has 0 radical (unpaired) electrons. The van der Waals surface area contributed by atoms with E-state index in [-0.39, 0.29) is 5.78 Å². The van der Waals surface area contributed by atoms with Crippen LogP contribution in [-0.2, 0) is 16.0 Å². The van der Waals surface area contributed by atoms with E-state index in [0.717, 1.165) is 34.9 Å². The average molecular weight is 301 g/mol. The minimum atomic E-state index is -0.544. The van der Waals surface area contributed by atoms with E-state index in [1.807, 2.05) is 19.1 Å². The molecule has 106 valence electrons. The number of carbonyl (C=O) groups excluding carboxylic acids is 1. The minimum Gasteiger partial charge on any atom is -0.367 e. The van der Waals surface area contributed by atoms with Gasteiger partial charge in [0.1, 0.15) is 5.60 Å². The molecule has 0 N–H and O–H groups in total. The SMILES string of the molecule is CCOC1(C(=O)Cc2ccc(Cl)s2)CCC(C)CC1. The average Bonchev–Trinajstić information content (AvgIpc) is 2.78. The van der Waals surface area contributed by atoms with Crippen LogP contribution in [0.1, 0.15) is 44.4 Å². The van der Waals surface area contributed by atoms with Crippen LogP contribution in [0.4, 0.5) is 0 Å². The summed E-state index contributed by atoms with van der Waals surface area (Å²) < 4.78 is 6.62. The summed E-state index contributed by atoms with van der Waals surface area (Å²) in [5.74, 6) is 0.928. The molecule has 1 aliphatic rings. The second kappa shape index (κ2) is 6.38. The highest BCUT2D eigenvalue weighted by Gasteiger charge is 2.41. The molecule has 1 aromatic heterocycles. The quantitative estimate of drug-likeness (QED) is 0.800. The van der Waals surface area contributed by atoms with Gasteiger partial charge in [-0.1, -0.05) is 18.5 Å². The Hall–Kier alpha value is -0.380. The Labute approximate surface area is 124 Å². The van der Waals surface area contributed by atoms with Crippen molar-refractivity contribution in [3.63, 3.8) is 0 Å². The van der Waals surface area contributed by atoms with Crippen LogP contribution in [0.15, 0.2) is 12.1 Å². The highest BCUT2D eigenvalue weighted by Crippen LogP contribution is 2.37. The standard InChI is InChI=1S/C15H21ClO2S/c1-3-18-15(8-6-11(2)7-9-15)13(17)10-12-4-5-14(16)19-12/h4-5,11H,3,6-10H2,1-2H3. The summed E-state index contributed by atoms with van der Waals surface area (Å²) in [4.78, 5) is 13.7. The van der Waals surface area contributed by atoms with Crippen molar-refractivity contribution in [2.24, 2.45) is 5.92 Å². The van der Waals surface area contributed by atoms with E-state index in [9.17, 15) is 4.79 Å². The molecule has 2 nitrogen and oxygen atoms in total. The molecular weight excluding hydrogens is 280 g/mol. The summed E-state index contributed by atoms with van der Waals surface area (Å²) in [5.41, 5.74) is -0.544. The van der Waals surface area contributed by atoms with Gasteiger partial charge in [0.05, 0.1) is 4.34 Å². The number of hydrogen-bond acceptors (Lipinski definition) is 3. The highest BCUT2D eigenvalue weighted by atomic mass is 35.5. The van der Waals surface area contributed by atoms with Gasteiger partial charge in [-0.3, -0.25) is 4.79 Å². The third kappa shape index (κ3) is 3.59. The molecular formula is C15H21ClO2S. The van der Waals surface area contributed by atoms with Gasteiger partial charge in [-0.2, -0.15) is 0 Å². The smallest absolute Gasteiger partial charge is 0.169 e. The maximum Gasteiger partial charge on any atom is 0.169 e. The summed E-state index contributed by atoms with van der Waals surface area (Å²) in [7, 11) is 0. The molecule has 4 heteroatoms. The molecule has 1 saturated carbocycles. The lowest BCUT2D eigenvalue weighted by atomic mass is 9.76. The van der Waals surface area contributed by atoms with Gasteiger partial charge in [-0.25, -0.2) is 0 Å².